The fourth-order valence-electron chi connectivity index (χ4n) is 1.76. The second kappa shape index (κ2) is 4.35. The van der Waals surface area contributed by atoms with Gasteiger partial charge in [0.1, 0.15) is 0 Å². The Hall–Kier alpha value is -0.580. The van der Waals surface area contributed by atoms with Gasteiger partial charge in [-0.2, -0.15) is 0 Å². The van der Waals surface area contributed by atoms with E-state index in [4.69, 9.17) is 17.3 Å². The highest BCUT2D eigenvalue weighted by Gasteiger charge is 2.40. The highest BCUT2D eigenvalue weighted by Crippen LogP contribution is 2.31. The van der Waals surface area contributed by atoms with Gasteiger partial charge in [0.2, 0.25) is 5.91 Å². The summed E-state index contributed by atoms with van der Waals surface area (Å²) in [6.45, 7) is 1.95. The molecule has 1 heterocycles. The average Bonchev–Trinajstić information content (AvgIpc) is 2.61. The molecule has 0 aliphatic heterocycles. The van der Waals surface area contributed by atoms with Crippen LogP contribution in [0.2, 0.25) is 4.34 Å². The molecule has 3 nitrogen and oxygen atoms in total. The quantitative estimate of drug-likeness (QED) is 0.875. The number of rotatable bonds is 3. The van der Waals surface area contributed by atoms with Gasteiger partial charge in [0, 0.05) is 4.88 Å². The molecule has 1 unspecified atom stereocenters. The van der Waals surface area contributed by atoms with E-state index in [0.29, 0.717) is 0 Å². The summed E-state index contributed by atoms with van der Waals surface area (Å²) >= 11 is 7.33. The van der Waals surface area contributed by atoms with Crippen LogP contribution in [0.5, 0.6) is 0 Å². The fraction of sp³-hybridized carbons (Fsp3) is 0.545. The minimum Gasteiger partial charge on any atom is -0.347 e. The number of nitrogens with two attached hydrogens (primary N) is 1. The Labute approximate surface area is 104 Å². The first-order valence-corrected chi connectivity index (χ1v) is 6.56. The highest BCUT2D eigenvalue weighted by atomic mass is 35.5. The van der Waals surface area contributed by atoms with Crippen LogP contribution in [-0.2, 0) is 4.79 Å². The van der Waals surface area contributed by atoms with Gasteiger partial charge >= 0.3 is 0 Å². The third kappa shape index (κ3) is 2.24. The van der Waals surface area contributed by atoms with Crippen LogP contribution in [0.4, 0.5) is 0 Å². The first-order valence-electron chi connectivity index (χ1n) is 5.36. The molecule has 0 aromatic carbocycles. The molecule has 3 N–H and O–H groups in total. The number of carbonyl (C=O) groups is 1. The van der Waals surface area contributed by atoms with Crippen molar-refractivity contribution in [2.24, 2.45) is 5.73 Å². The maximum Gasteiger partial charge on any atom is 0.240 e. The lowest BCUT2D eigenvalue weighted by Gasteiger charge is -2.37. The molecule has 1 aliphatic carbocycles. The maximum absolute atomic E-state index is 11.9. The summed E-state index contributed by atoms with van der Waals surface area (Å²) in [5, 5.41) is 2.94. The lowest BCUT2D eigenvalue weighted by molar-refractivity contribution is -0.129. The number of hydrogen-bond acceptors (Lipinski definition) is 3. The van der Waals surface area contributed by atoms with E-state index in [-0.39, 0.29) is 11.9 Å². The molecule has 1 aromatic rings. The van der Waals surface area contributed by atoms with Gasteiger partial charge in [0.05, 0.1) is 15.9 Å². The van der Waals surface area contributed by atoms with Crippen LogP contribution in [0.25, 0.3) is 0 Å². The predicted octanol–water partition coefficient (Wildman–Crippen LogP) is 2.46. The fourth-order valence-corrected chi connectivity index (χ4v) is 2.82. The normalized spacial score (nSPS) is 19.9. The van der Waals surface area contributed by atoms with Crippen LogP contribution in [0.1, 0.15) is 37.1 Å². The second-order valence-corrected chi connectivity index (χ2v) is 6.09. The van der Waals surface area contributed by atoms with E-state index in [0.717, 1.165) is 28.5 Å². The number of hydrogen-bond donors (Lipinski definition) is 2. The average molecular weight is 259 g/mol. The van der Waals surface area contributed by atoms with Crippen molar-refractivity contribution in [2.45, 2.75) is 37.8 Å². The minimum atomic E-state index is -0.630. The Bertz CT molecular complexity index is 400. The van der Waals surface area contributed by atoms with E-state index in [1.54, 1.807) is 0 Å². The van der Waals surface area contributed by atoms with E-state index in [2.05, 4.69) is 5.32 Å². The number of amides is 1. The van der Waals surface area contributed by atoms with Gasteiger partial charge in [-0.3, -0.25) is 4.79 Å². The van der Waals surface area contributed by atoms with Crippen LogP contribution in [-0.4, -0.2) is 11.4 Å². The van der Waals surface area contributed by atoms with Gasteiger partial charge in [0.25, 0.3) is 0 Å². The van der Waals surface area contributed by atoms with Crippen LogP contribution >= 0.6 is 22.9 Å². The van der Waals surface area contributed by atoms with Crippen molar-refractivity contribution in [2.75, 3.05) is 0 Å². The predicted molar refractivity (Wildman–Crippen MR) is 66.7 cm³/mol. The van der Waals surface area contributed by atoms with Crippen molar-refractivity contribution in [1.82, 2.24) is 5.32 Å². The molecule has 1 aromatic heterocycles. The Morgan fingerprint density at radius 1 is 1.62 bits per heavy atom. The molecule has 16 heavy (non-hydrogen) atoms. The van der Waals surface area contributed by atoms with Gasteiger partial charge < -0.3 is 11.1 Å². The molecule has 1 fully saturated rings. The van der Waals surface area contributed by atoms with Crippen molar-refractivity contribution in [3.05, 3.63) is 21.3 Å². The minimum absolute atomic E-state index is 0.0222. The largest absolute Gasteiger partial charge is 0.347 e. The Morgan fingerprint density at radius 2 is 2.31 bits per heavy atom. The lowest BCUT2D eigenvalue weighted by Crippen LogP contribution is -2.58. The summed E-state index contributed by atoms with van der Waals surface area (Å²) < 4.78 is 0.738. The monoisotopic (exact) mass is 258 g/mol. The van der Waals surface area contributed by atoms with Crippen LogP contribution in [0, 0.1) is 0 Å². The van der Waals surface area contributed by atoms with Gasteiger partial charge in [-0.1, -0.05) is 11.6 Å². The first kappa shape index (κ1) is 11.9. The molecule has 88 valence electrons. The zero-order chi connectivity index (χ0) is 11.8. The summed E-state index contributed by atoms with van der Waals surface area (Å²) in [5.74, 6) is -0.0456. The maximum atomic E-state index is 11.9. The number of thiophene rings is 1. The molecule has 1 saturated carbocycles. The van der Waals surface area contributed by atoms with Crippen molar-refractivity contribution < 1.29 is 4.79 Å². The van der Waals surface area contributed by atoms with E-state index in [1.165, 1.54) is 11.3 Å². The smallest absolute Gasteiger partial charge is 0.240 e. The van der Waals surface area contributed by atoms with Crippen molar-refractivity contribution in [3.63, 3.8) is 0 Å². The van der Waals surface area contributed by atoms with E-state index in [9.17, 15) is 4.79 Å². The van der Waals surface area contributed by atoms with E-state index in [1.807, 2.05) is 19.1 Å². The number of carbonyl (C=O) groups excluding carboxylic acids is 1. The third-order valence-corrected chi connectivity index (χ3v) is 4.48. The highest BCUT2D eigenvalue weighted by molar-refractivity contribution is 7.16. The van der Waals surface area contributed by atoms with Crippen molar-refractivity contribution >= 4 is 28.8 Å². The molecule has 0 saturated heterocycles. The molecule has 0 spiro atoms. The Morgan fingerprint density at radius 3 is 2.75 bits per heavy atom. The van der Waals surface area contributed by atoms with Crippen molar-refractivity contribution in [1.29, 1.82) is 0 Å². The summed E-state index contributed by atoms with van der Waals surface area (Å²) in [6, 6.07) is 3.75. The van der Waals surface area contributed by atoms with Gasteiger partial charge in [-0.05, 0) is 38.3 Å². The zero-order valence-electron chi connectivity index (χ0n) is 9.13. The summed E-state index contributed by atoms with van der Waals surface area (Å²) in [7, 11) is 0. The van der Waals surface area contributed by atoms with Crippen LogP contribution in [0.3, 0.4) is 0 Å². The van der Waals surface area contributed by atoms with Gasteiger partial charge in [-0.25, -0.2) is 0 Å². The molecule has 5 heteroatoms. The summed E-state index contributed by atoms with van der Waals surface area (Å²) in [5.41, 5.74) is 5.31. The van der Waals surface area contributed by atoms with E-state index < -0.39 is 5.54 Å². The Kier molecular flexibility index (Phi) is 3.24. The topological polar surface area (TPSA) is 55.1 Å². The lowest BCUT2D eigenvalue weighted by atomic mass is 9.77. The zero-order valence-corrected chi connectivity index (χ0v) is 10.7. The van der Waals surface area contributed by atoms with Crippen molar-refractivity contribution in [3.8, 4) is 0 Å². The number of nitrogens with one attached hydrogen (secondary N) is 1. The molecule has 0 radical (unpaired) electrons. The Balaban J connectivity index is 1.97. The van der Waals surface area contributed by atoms with Crippen LogP contribution < -0.4 is 11.1 Å². The van der Waals surface area contributed by atoms with E-state index >= 15 is 0 Å². The number of halogens is 1. The molecular formula is C11H15ClN2OS. The van der Waals surface area contributed by atoms with Gasteiger partial charge in [-0.15, -0.1) is 11.3 Å². The van der Waals surface area contributed by atoms with Gasteiger partial charge in [0.15, 0.2) is 0 Å². The third-order valence-electron chi connectivity index (χ3n) is 3.07. The first-order chi connectivity index (χ1) is 7.51. The molecule has 0 bridgehead atoms. The standard InChI is InChI=1S/C11H15ClN2OS/c1-7(8-3-4-9(12)16-8)14-10(15)11(13)5-2-6-11/h3-4,7H,2,5-6,13H2,1H3,(H,14,15). The molecule has 2 rings (SSSR count). The SMILES string of the molecule is CC(NC(=O)C1(N)CCC1)c1ccc(Cl)s1. The summed E-state index contributed by atoms with van der Waals surface area (Å²) in [4.78, 5) is 12.9. The molecule has 1 aliphatic rings. The molecule has 1 amide bonds. The molecule has 1 atom stereocenters. The molecular weight excluding hydrogens is 244 g/mol. The summed E-state index contributed by atoms with van der Waals surface area (Å²) in [6.07, 6.45) is 2.62. The second-order valence-electron chi connectivity index (χ2n) is 4.35. The van der Waals surface area contributed by atoms with Crippen LogP contribution in [0.15, 0.2) is 12.1 Å².